The van der Waals surface area contributed by atoms with Gasteiger partial charge in [-0.3, -0.25) is 4.79 Å². The number of amides is 2. The molecule has 0 bridgehead atoms. The molecule has 6 heteroatoms. The normalized spacial score (nSPS) is 27.3. The van der Waals surface area contributed by atoms with Crippen molar-refractivity contribution in [2.75, 3.05) is 13.2 Å². The largest absolute Gasteiger partial charge is 0.481 e. The summed E-state index contributed by atoms with van der Waals surface area (Å²) in [5.41, 5.74) is 0.0626. The van der Waals surface area contributed by atoms with E-state index in [1.54, 1.807) is 0 Å². The van der Waals surface area contributed by atoms with Gasteiger partial charge in [0.1, 0.15) is 0 Å². The Morgan fingerprint density at radius 2 is 1.73 bits per heavy atom. The van der Waals surface area contributed by atoms with Crippen molar-refractivity contribution in [2.45, 2.75) is 63.8 Å². The number of hydrogen-bond donors (Lipinski definition) is 4. The molecule has 126 valence electrons. The van der Waals surface area contributed by atoms with Gasteiger partial charge in [0.15, 0.2) is 0 Å². The molecule has 0 radical (unpaired) electrons. The summed E-state index contributed by atoms with van der Waals surface area (Å²) in [6.07, 6.45) is 7.94. The number of aliphatic hydroxyl groups is 1. The minimum Gasteiger partial charge on any atom is -0.481 e. The van der Waals surface area contributed by atoms with Crippen LogP contribution in [0.5, 0.6) is 0 Å². The molecule has 0 atom stereocenters. The van der Waals surface area contributed by atoms with Crippen molar-refractivity contribution < 1.29 is 19.8 Å². The Morgan fingerprint density at radius 3 is 2.27 bits per heavy atom. The number of carbonyl (C=O) groups excluding carboxylic acids is 1. The fourth-order valence-corrected chi connectivity index (χ4v) is 3.87. The number of aliphatic hydroxyl groups excluding tert-OH is 1. The van der Waals surface area contributed by atoms with E-state index in [0.29, 0.717) is 19.4 Å². The van der Waals surface area contributed by atoms with Crippen molar-refractivity contribution in [3.63, 3.8) is 0 Å². The number of carbonyl (C=O) groups is 2. The van der Waals surface area contributed by atoms with Crippen LogP contribution in [-0.4, -0.2) is 41.4 Å². The van der Waals surface area contributed by atoms with E-state index in [9.17, 15) is 14.7 Å². The summed E-state index contributed by atoms with van der Waals surface area (Å²) < 4.78 is 0. The molecule has 6 nitrogen and oxygen atoms in total. The Kier molecular flexibility index (Phi) is 6.06. The van der Waals surface area contributed by atoms with Crippen LogP contribution in [0.4, 0.5) is 4.79 Å². The Morgan fingerprint density at radius 1 is 1.09 bits per heavy atom. The highest BCUT2D eigenvalue weighted by Gasteiger charge is 2.34. The first-order valence-corrected chi connectivity index (χ1v) is 8.43. The molecule has 0 aliphatic heterocycles. The van der Waals surface area contributed by atoms with Crippen LogP contribution in [0, 0.1) is 11.3 Å². The number of hydrogen-bond acceptors (Lipinski definition) is 3. The predicted molar refractivity (Wildman–Crippen MR) is 82.5 cm³/mol. The molecule has 0 heterocycles. The molecule has 0 saturated heterocycles. The van der Waals surface area contributed by atoms with Gasteiger partial charge in [0, 0.05) is 19.2 Å². The van der Waals surface area contributed by atoms with E-state index in [2.05, 4.69) is 10.6 Å². The quantitative estimate of drug-likeness (QED) is 0.602. The molecule has 2 fully saturated rings. The molecule has 2 aliphatic carbocycles. The Hall–Kier alpha value is -1.30. The number of nitrogens with one attached hydrogen (secondary N) is 2. The standard InChI is InChI=1S/C16H28N2O4/c19-10-9-16(7-1-2-8-16)11-17-15(22)18-13-5-3-12(4-6-13)14(20)21/h12-13,19H,1-11H2,(H,20,21)(H2,17,18,22). The van der Waals surface area contributed by atoms with Crippen LogP contribution in [0.1, 0.15) is 57.8 Å². The molecule has 2 rings (SSSR count). The number of carboxylic acid groups (broad SMARTS) is 1. The maximum Gasteiger partial charge on any atom is 0.315 e. The fraction of sp³-hybridized carbons (Fsp3) is 0.875. The topological polar surface area (TPSA) is 98.7 Å². The molecule has 0 aromatic rings. The highest BCUT2D eigenvalue weighted by Crippen LogP contribution is 2.40. The minimum atomic E-state index is -0.727. The maximum atomic E-state index is 12.0. The SMILES string of the molecule is O=C(NCC1(CCO)CCCC1)NC1CCC(C(=O)O)CC1. The van der Waals surface area contributed by atoms with Gasteiger partial charge in [0.2, 0.25) is 0 Å². The van der Waals surface area contributed by atoms with E-state index in [1.807, 2.05) is 0 Å². The molecule has 4 N–H and O–H groups in total. The molecule has 0 aromatic carbocycles. The van der Waals surface area contributed by atoms with Crippen LogP contribution < -0.4 is 10.6 Å². The van der Waals surface area contributed by atoms with Crippen molar-refractivity contribution in [1.29, 1.82) is 0 Å². The lowest BCUT2D eigenvalue weighted by molar-refractivity contribution is -0.142. The molecule has 0 unspecified atom stereocenters. The Labute approximate surface area is 131 Å². The summed E-state index contributed by atoms with van der Waals surface area (Å²) in [5, 5.41) is 24.1. The average Bonchev–Trinajstić information content (AvgIpc) is 2.95. The van der Waals surface area contributed by atoms with E-state index in [1.165, 1.54) is 12.8 Å². The third kappa shape index (κ3) is 4.60. The summed E-state index contributed by atoms with van der Waals surface area (Å²) in [6.45, 7) is 0.784. The zero-order valence-electron chi connectivity index (χ0n) is 13.1. The van der Waals surface area contributed by atoms with Crippen molar-refractivity contribution in [3.8, 4) is 0 Å². The van der Waals surface area contributed by atoms with Crippen LogP contribution in [0.2, 0.25) is 0 Å². The lowest BCUT2D eigenvalue weighted by Gasteiger charge is -2.30. The zero-order valence-corrected chi connectivity index (χ0v) is 13.1. The Bertz CT molecular complexity index is 386. The van der Waals surface area contributed by atoms with Crippen molar-refractivity contribution in [2.24, 2.45) is 11.3 Å². The van der Waals surface area contributed by atoms with Crippen LogP contribution >= 0.6 is 0 Å². The van der Waals surface area contributed by atoms with Gasteiger partial charge in [-0.2, -0.15) is 0 Å². The predicted octanol–water partition coefficient (Wildman–Crippen LogP) is 1.87. The third-order valence-corrected chi connectivity index (χ3v) is 5.34. The monoisotopic (exact) mass is 312 g/mol. The van der Waals surface area contributed by atoms with Crippen LogP contribution in [-0.2, 0) is 4.79 Å². The van der Waals surface area contributed by atoms with E-state index in [0.717, 1.165) is 32.1 Å². The van der Waals surface area contributed by atoms with Gasteiger partial charge in [-0.25, -0.2) is 4.79 Å². The number of carboxylic acids is 1. The average molecular weight is 312 g/mol. The van der Waals surface area contributed by atoms with Gasteiger partial charge in [-0.05, 0) is 50.4 Å². The van der Waals surface area contributed by atoms with Gasteiger partial charge < -0.3 is 20.8 Å². The highest BCUT2D eigenvalue weighted by molar-refractivity contribution is 5.74. The summed E-state index contributed by atoms with van der Waals surface area (Å²) in [6, 6.07) is -0.0871. The first-order valence-electron chi connectivity index (χ1n) is 8.43. The van der Waals surface area contributed by atoms with E-state index < -0.39 is 5.97 Å². The molecule has 2 amide bonds. The fourth-order valence-electron chi connectivity index (χ4n) is 3.87. The number of aliphatic carboxylic acids is 1. The van der Waals surface area contributed by atoms with Gasteiger partial charge in [0.05, 0.1) is 5.92 Å². The van der Waals surface area contributed by atoms with Crippen molar-refractivity contribution >= 4 is 12.0 Å². The number of urea groups is 1. The van der Waals surface area contributed by atoms with Crippen LogP contribution in [0.15, 0.2) is 0 Å². The first kappa shape index (κ1) is 17.1. The van der Waals surface area contributed by atoms with Gasteiger partial charge in [-0.15, -0.1) is 0 Å². The van der Waals surface area contributed by atoms with Crippen molar-refractivity contribution in [1.82, 2.24) is 10.6 Å². The maximum absolute atomic E-state index is 12.0. The lowest BCUT2D eigenvalue weighted by Crippen LogP contribution is -2.47. The molecule has 2 aliphatic rings. The highest BCUT2D eigenvalue weighted by atomic mass is 16.4. The summed E-state index contributed by atoms with van der Waals surface area (Å²) in [4.78, 5) is 22.9. The molecular weight excluding hydrogens is 284 g/mol. The number of rotatable bonds is 6. The molecule has 0 aromatic heterocycles. The second-order valence-corrected chi connectivity index (χ2v) is 6.89. The Balaban J connectivity index is 1.71. The third-order valence-electron chi connectivity index (χ3n) is 5.34. The second kappa shape index (κ2) is 7.81. The van der Waals surface area contributed by atoms with E-state index >= 15 is 0 Å². The summed E-state index contributed by atoms with van der Waals surface area (Å²) >= 11 is 0. The van der Waals surface area contributed by atoms with E-state index in [4.69, 9.17) is 5.11 Å². The van der Waals surface area contributed by atoms with E-state index in [-0.39, 0.29) is 30.0 Å². The van der Waals surface area contributed by atoms with Crippen LogP contribution in [0.3, 0.4) is 0 Å². The minimum absolute atomic E-state index is 0.0626. The lowest BCUT2D eigenvalue weighted by atomic mass is 9.83. The van der Waals surface area contributed by atoms with Gasteiger partial charge in [0.25, 0.3) is 0 Å². The molecule has 22 heavy (non-hydrogen) atoms. The smallest absolute Gasteiger partial charge is 0.315 e. The first-order chi connectivity index (χ1) is 10.5. The molecule has 2 saturated carbocycles. The summed E-state index contributed by atoms with van der Waals surface area (Å²) in [5.74, 6) is -0.984. The van der Waals surface area contributed by atoms with Crippen molar-refractivity contribution in [3.05, 3.63) is 0 Å². The zero-order chi connectivity index (χ0) is 16.0. The summed E-state index contributed by atoms with van der Waals surface area (Å²) in [7, 11) is 0. The van der Waals surface area contributed by atoms with Crippen LogP contribution in [0.25, 0.3) is 0 Å². The second-order valence-electron chi connectivity index (χ2n) is 6.89. The van der Waals surface area contributed by atoms with Gasteiger partial charge >= 0.3 is 12.0 Å². The molecular formula is C16H28N2O4. The molecule has 0 spiro atoms. The van der Waals surface area contributed by atoms with Gasteiger partial charge in [-0.1, -0.05) is 12.8 Å².